The van der Waals surface area contributed by atoms with E-state index < -0.39 is 0 Å². The van der Waals surface area contributed by atoms with E-state index in [-0.39, 0.29) is 18.3 Å². The smallest absolute Gasteiger partial charge is 0.257 e. The zero-order valence-corrected chi connectivity index (χ0v) is 15.5. The summed E-state index contributed by atoms with van der Waals surface area (Å²) in [5.41, 5.74) is 1.91. The number of nitrogens with one attached hydrogen (secondary N) is 1. The number of likely N-dealkylation sites (tertiary alicyclic amines) is 1. The quantitative estimate of drug-likeness (QED) is 0.870. The first-order valence-corrected chi connectivity index (χ1v) is 8.84. The minimum Gasteiger partial charge on any atom is -0.339 e. The molecule has 1 aromatic carbocycles. The highest BCUT2D eigenvalue weighted by molar-refractivity contribution is 6.30. The molecule has 0 atom stereocenters. The van der Waals surface area contributed by atoms with Gasteiger partial charge < -0.3 is 10.2 Å². The van der Waals surface area contributed by atoms with Crippen LogP contribution in [0.25, 0.3) is 5.69 Å². The van der Waals surface area contributed by atoms with Gasteiger partial charge in [0.15, 0.2) is 0 Å². The number of nitrogens with zero attached hydrogens (tertiary/aromatic N) is 3. The molecule has 25 heavy (non-hydrogen) atoms. The van der Waals surface area contributed by atoms with Crippen molar-refractivity contribution in [3.05, 3.63) is 47.2 Å². The van der Waals surface area contributed by atoms with Crippen molar-refractivity contribution in [3.63, 3.8) is 0 Å². The molecule has 0 unspecified atom stereocenters. The number of aromatic nitrogens is 2. The van der Waals surface area contributed by atoms with Crippen molar-refractivity contribution >= 4 is 29.9 Å². The van der Waals surface area contributed by atoms with Crippen LogP contribution in [0.5, 0.6) is 0 Å². The van der Waals surface area contributed by atoms with Crippen LogP contribution in [0, 0.1) is 5.41 Å². The fourth-order valence-corrected chi connectivity index (χ4v) is 3.97. The van der Waals surface area contributed by atoms with Crippen LogP contribution in [-0.4, -0.2) is 46.8 Å². The Hall–Kier alpha value is -1.56. The normalized spacial score (nSPS) is 19.0. The average Bonchev–Trinajstić information content (AvgIpc) is 3.25. The van der Waals surface area contributed by atoms with Gasteiger partial charge in [-0.2, -0.15) is 5.10 Å². The maximum atomic E-state index is 12.7. The van der Waals surface area contributed by atoms with Crippen LogP contribution in [0.15, 0.2) is 36.7 Å². The first-order chi connectivity index (χ1) is 11.7. The van der Waals surface area contributed by atoms with Gasteiger partial charge in [0.25, 0.3) is 5.91 Å². The molecule has 7 heteroatoms. The molecule has 2 saturated heterocycles. The standard InChI is InChI=1S/C18H21ClN4O.ClH/c19-15-2-1-3-16(10-15)23-12-14(11-21-23)17(24)22-8-5-18(6-9-22)4-7-20-13-18;/h1-3,10-12,20H,4-9,13H2;1H. The number of hydrogen-bond acceptors (Lipinski definition) is 3. The van der Waals surface area contributed by atoms with E-state index in [1.807, 2.05) is 29.2 Å². The molecule has 0 aliphatic carbocycles. The largest absolute Gasteiger partial charge is 0.339 e. The van der Waals surface area contributed by atoms with Crippen LogP contribution in [0.3, 0.4) is 0 Å². The Morgan fingerprint density at radius 3 is 2.72 bits per heavy atom. The number of carbonyl (C=O) groups is 1. The summed E-state index contributed by atoms with van der Waals surface area (Å²) >= 11 is 6.02. The Labute approximate surface area is 158 Å². The van der Waals surface area contributed by atoms with Crippen molar-refractivity contribution in [2.45, 2.75) is 19.3 Å². The zero-order valence-electron chi connectivity index (χ0n) is 13.9. The number of piperidine rings is 1. The number of benzene rings is 1. The Balaban J connectivity index is 0.00000182. The van der Waals surface area contributed by atoms with Gasteiger partial charge in [-0.3, -0.25) is 4.79 Å². The second kappa shape index (κ2) is 7.36. The van der Waals surface area contributed by atoms with Gasteiger partial charge in [-0.15, -0.1) is 12.4 Å². The second-order valence-corrected chi connectivity index (χ2v) is 7.31. The second-order valence-electron chi connectivity index (χ2n) is 6.87. The van der Waals surface area contributed by atoms with Crippen LogP contribution in [0.4, 0.5) is 0 Å². The molecule has 4 rings (SSSR count). The lowest BCUT2D eigenvalue weighted by atomic mass is 9.78. The van der Waals surface area contributed by atoms with E-state index in [1.54, 1.807) is 17.1 Å². The summed E-state index contributed by atoms with van der Waals surface area (Å²) in [5, 5.41) is 8.43. The van der Waals surface area contributed by atoms with Crippen molar-refractivity contribution in [1.29, 1.82) is 0 Å². The summed E-state index contributed by atoms with van der Waals surface area (Å²) in [5.74, 6) is 0.0732. The van der Waals surface area contributed by atoms with Crippen LogP contribution >= 0.6 is 24.0 Å². The van der Waals surface area contributed by atoms with Crippen molar-refractivity contribution in [1.82, 2.24) is 20.0 Å². The Bertz CT molecular complexity index is 745. The number of rotatable bonds is 2. The van der Waals surface area contributed by atoms with Crippen molar-refractivity contribution in [2.24, 2.45) is 5.41 Å². The fraction of sp³-hybridized carbons (Fsp3) is 0.444. The molecule has 2 aliphatic heterocycles. The molecule has 0 saturated carbocycles. The minimum absolute atomic E-state index is 0. The topological polar surface area (TPSA) is 50.2 Å². The van der Waals surface area contributed by atoms with E-state index in [4.69, 9.17) is 11.6 Å². The SMILES string of the molecule is Cl.O=C(c1cnn(-c2cccc(Cl)c2)c1)N1CCC2(CCNC2)CC1. The van der Waals surface area contributed by atoms with E-state index in [1.165, 1.54) is 6.42 Å². The first kappa shape index (κ1) is 18.2. The predicted octanol–water partition coefficient (Wildman–Crippen LogP) is 3.16. The van der Waals surface area contributed by atoms with E-state index in [2.05, 4.69) is 10.4 Å². The molecule has 1 amide bonds. The summed E-state index contributed by atoms with van der Waals surface area (Å²) < 4.78 is 1.70. The molecule has 1 spiro atoms. The molecule has 0 radical (unpaired) electrons. The van der Waals surface area contributed by atoms with E-state index in [9.17, 15) is 4.79 Å². The van der Waals surface area contributed by atoms with Gasteiger partial charge in [-0.1, -0.05) is 17.7 Å². The lowest BCUT2D eigenvalue weighted by Gasteiger charge is -2.38. The van der Waals surface area contributed by atoms with Crippen molar-refractivity contribution < 1.29 is 4.79 Å². The van der Waals surface area contributed by atoms with Gasteiger partial charge in [0.2, 0.25) is 0 Å². The Kier molecular flexibility index (Phi) is 5.37. The molecular weight excluding hydrogens is 359 g/mol. The molecule has 134 valence electrons. The fourth-order valence-electron chi connectivity index (χ4n) is 3.78. The van der Waals surface area contributed by atoms with Crippen molar-refractivity contribution in [2.75, 3.05) is 26.2 Å². The molecule has 0 bridgehead atoms. The maximum absolute atomic E-state index is 12.7. The zero-order chi connectivity index (χ0) is 16.6. The predicted molar refractivity (Wildman–Crippen MR) is 101 cm³/mol. The average molecular weight is 381 g/mol. The van der Waals surface area contributed by atoms with Gasteiger partial charge in [0, 0.05) is 30.9 Å². The van der Waals surface area contributed by atoms with E-state index in [0.29, 0.717) is 16.0 Å². The summed E-state index contributed by atoms with van der Waals surface area (Å²) in [4.78, 5) is 14.7. The van der Waals surface area contributed by atoms with Crippen LogP contribution < -0.4 is 5.32 Å². The highest BCUT2D eigenvalue weighted by Crippen LogP contribution is 2.37. The van der Waals surface area contributed by atoms with Gasteiger partial charge in [0.05, 0.1) is 17.4 Å². The number of hydrogen-bond donors (Lipinski definition) is 1. The highest BCUT2D eigenvalue weighted by Gasteiger charge is 2.38. The third-order valence-corrected chi connectivity index (χ3v) is 5.58. The number of amides is 1. The molecule has 2 aromatic rings. The minimum atomic E-state index is 0. The molecular formula is C18H22Cl2N4O. The van der Waals surface area contributed by atoms with Gasteiger partial charge >= 0.3 is 0 Å². The summed E-state index contributed by atoms with van der Waals surface area (Å²) in [6.07, 6.45) is 6.85. The van der Waals surface area contributed by atoms with Crippen LogP contribution in [0.1, 0.15) is 29.6 Å². The Morgan fingerprint density at radius 1 is 1.24 bits per heavy atom. The first-order valence-electron chi connectivity index (χ1n) is 8.46. The van der Waals surface area contributed by atoms with E-state index >= 15 is 0 Å². The number of carbonyl (C=O) groups excluding carboxylic acids is 1. The summed E-state index contributed by atoms with van der Waals surface area (Å²) in [7, 11) is 0. The lowest BCUT2D eigenvalue weighted by molar-refractivity contribution is 0.0607. The molecule has 1 aromatic heterocycles. The van der Waals surface area contributed by atoms with Gasteiger partial charge in [-0.25, -0.2) is 4.68 Å². The molecule has 2 fully saturated rings. The highest BCUT2D eigenvalue weighted by atomic mass is 35.5. The Morgan fingerprint density at radius 2 is 2.04 bits per heavy atom. The van der Waals surface area contributed by atoms with Gasteiger partial charge in [-0.05, 0) is 49.4 Å². The maximum Gasteiger partial charge on any atom is 0.257 e. The molecule has 5 nitrogen and oxygen atoms in total. The van der Waals surface area contributed by atoms with Gasteiger partial charge in [0.1, 0.15) is 0 Å². The number of halogens is 2. The molecule has 1 N–H and O–H groups in total. The molecule has 3 heterocycles. The lowest BCUT2D eigenvalue weighted by Crippen LogP contribution is -2.43. The third-order valence-electron chi connectivity index (χ3n) is 5.35. The molecule has 2 aliphatic rings. The van der Waals surface area contributed by atoms with Crippen LogP contribution in [-0.2, 0) is 0 Å². The summed E-state index contributed by atoms with van der Waals surface area (Å²) in [6.45, 7) is 3.88. The monoisotopic (exact) mass is 380 g/mol. The summed E-state index contributed by atoms with van der Waals surface area (Å²) in [6, 6.07) is 7.45. The third kappa shape index (κ3) is 3.68. The van der Waals surface area contributed by atoms with E-state index in [0.717, 1.165) is 44.7 Å². The van der Waals surface area contributed by atoms with Crippen LogP contribution in [0.2, 0.25) is 5.02 Å². The van der Waals surface area contributed by atoms with Crippen molar-refractivity contribution in [3.8, 4) is 5.69 Å².